The van der Waals surface area contributed by atoms with Gasteiger partial charge in [0.2, 0.25) is 0 Å². The molecular weight excluding hydrogens is 394 g/mol. The van der Waals surface area contributed by atoms with Crippen molar-refractivity contribution >= 4 is 16.7 Å². The van der Waals surface area contributed by atoms with E-state index in [9.17, 15) is 4.79 Å². The average Bonchev–Trinajstić information content (AvgIpc) is 2.82. The van der Waals surface area contributed by atoms with E-state index in [1.165, 1.54) is 0 Å². The highest BCUT2D eigenvalue weighted by atomic mass is 16.5. The Kier molecular flexibility index (Phi) is 6.93. The van der Waals surface area contributed by atoms with Crippen molar-refractivity contribution in [2.75, 3.05) is 0 Å². The summed E-state index contributed by atoms with van der Waals surface area (Å²) in [5, 5.41) is 1.13. The van der Waals surface area contributed by atoms with E-state index in [4.69, 9.17) is 9.72 Å². The predicted molar refractivity (Wildman–Crippen MR) is 131 cm³/mol. The molecule has 1 heterocycles. The zero-order valence-corrected chi connectivity index (χ0v) is 19.7. The first kappa shape index (κ1) is 22.5. The molecule has 0 fully saturated rings. The van der Waals surface area contributed by atoms with Crippen LogP contribution < -0.4 is 4.74 Å². The molecule has 1 aliphatic rings. The Balaban J connectivity index is 1.60. The van der Waals surface area contributed by atoms with Gasteiger partial charge in [0, 0.05) is 21.9 Å². The van der Waals surface area contributed by atoms with Gasteiger partial charge in [-0.25, -0.2) is 4.98 Å². The first-order valence-corrected chi connectivity index (χ1v) is 12.2. The lowest BCUT2D eigenvalue weighted by atomic mass is 9.64. The van der Waals surface area contributed by atoms with Gasteiger partial charge in [-0.1, -0.05) is 69.9 Å². The predicted octanol–water partition coefficient (Wildman–Crippen LogP) is 7.62. The molecule has 0 radical (unpaired) electrons. The minimum atomic E-state index is -0.192. The van der Waals surface area contributed by atoms with Crippen molar-refractivity contribution in [3.05, 3.63) is 70.9 Å². The lowest BCUT2D eigenvalue weighted by molar-refractivity contribution is 0.0704. The largest absolute Gasteiger partial charge is 0.487 e. The molecule has 32 heavy (non-hydrogen) atoms. The van der Waals surface area contributed by atoms with Gasteiger partial charge < -0.3 is 4.74 Å². The summed E-state index contributed by atoms with van der Waals surface area (Å²) in [7, 11) is 0. The number of fused-ring (bicyclic) bond motifs is 2. The van der Waals surface area contributed by atoms with Crippen LogP contribution in [0.4, 0.5) is 0 Å². The molecule has 3 nitrogen and oxygen atoms in total. The number of aromatic nitrogens is 1. The first-order valence-electron chi connectivity index (χ1n) is 12.2. The van der Waals surface area contributed by atoms with E-state index in [1.807, 2.05) is 30.3 Å². The highest BCUT2D eigenvalue weighted by Gasteiger charge is 2.42. The van der Waals surface area contributed by atoms with Gasteiger partial charge in [0.1, 0.15) is 12.4 Å². The zero-order valence-electron chi connectivity index (χ0n) is 19.7. The average molecular weight is 430 g/mol. The zero-order chi connectivity index (χ0) is 22.6. The molecule has 0 spiro atoms. The Labute approximate surface area is 192 Å². The maximum Gasteiger partial charge on any atom is 0.169 e. The maximum absolute atomic E-state index is 13.9. The van der Waals surface area contributed by atoms with E-state index >= 15 is 0 Å². The molecule has 2 aromatic carbocycles. The number of unbranched alkanes of at least 4 members (excludes halogenated alkanes) is 2. The summed E-state index contributed by atoms with van der Waals surface area (Å²) >= 11 is 0. The number of Topliss-reactive ketones (excluding diaryl/α,β-unsaturated/α-hetero) is 1. The molecule has 0 saturated heterocycles. The van der Waals surface area contributed by atoms with E-state index in [0.717, 1.165) is 90.4 Å². The smallest absolute Gasteiger partial charge is 0.169 e. The van der Waals surface area contributed by atoms with Gasteiger partial charge in [0.25, 0.3) is 0 Å². The van der Waals surface area contributed by atoms with Gasteiger partial charge in [0.05, 0.1) is 11.2 Å². The number of aryl methyl sites for hydroxylation is 1. The van der Waals surface area contributed by atoms with Crippen LogP contribution >= 0.6 is 0 Å². The summed E-state index contributed by atoms with van der Waals surface area (Å²) in [4.78, 5) is 18.6. The molecule has 3 heteroatoms. The van der Waals surface area contributed by atoms with E-state index in [1.54, 1.807) is 0 Å². The summed E-state index contributed by atoms with van der Waals surface area (Å²) in [5.74, 6) is 1.20. The van der Waals surface area contributed by atoms with Crippen LogP contribution in [0.25, 0.3) is 10.9 Å². The summed E-state index contributed by atoms with van der Waals surface area (Å²) in [5.41, 5.74) is 4.79. The van der Waals surface area contributed by atoms with Crippen LogP contribution in [0.2, 0.25) is 0 Å². The third-order valence-electron chi connectivity index (χ3n) is 7.09. The fraction of sp³-hybridized carbons (Fsp3) is 0.448. The fourth-order valence-electron chi connectivity index (χ4n) is 5.16. The maximum atomic E-state index is 13.9. The second-order valence-electron chi connectivity index (χ2n) is 9.33. The van der Waals surface area contributed by atoms with Crippen LogP contribution in [0.5, 0.6) is 5.75 Å². The van der Waals surface area contributed by atoms with Crippen LogP contribution in [0, 0.1) is 12.3 Å². The number of nitrogens with zero attached hydrogens (tertiary/aromatic N) is 1. The van der Waals surface area contributed by atoms with E-state index in [2.05, 4.69) is 39.0 Å². The fourth-order valence-corrected chi connectivity index (χ4v) is 5.16. The topological polar surface area (TPSA) is 39.2 Å². The molecule has 0 atom stereocenters. The van der Waals surface area contributed by atoms with Gasteiger partial charge in [-0.15, -0.1) is 0 Å². The Morgan fingerprint density at radius 2 is 1.72 bits per heavy atom. The van der Waals surface area contributed by atoms with E-state index < -0.39 is 0 Å². The van der Waals surface area contributed by atoms with Crippen molar-refractivity contribution in [2.24, 2.45) is 5.41 Å². The Bertz CT molecular complexity index is 1090. The van der Waals surface area contributed by atoms with Gasteiger partial charge in [-0.05, 0) is 56.4 Å². The first-order chi connectivity index (χ1) is 15.6. The number of benzene rings is 2. The van der Waals surface area contributed by atoms with Crippen LogP contribution in [-0.2, 0) is 13.0 Å². The summed E-state index contributed by atoms with van der Waals surface area (Å²) in [6.07, 6.45) is 8.37. The Morgan fingerprint density at radius 3 is 2.47 bits per heavy atom. The van der Waals surface area contributed by atoms with Crippen molar-refractivity contribution in [3.8, 4) is 5.75 Å². The normalized spacial score (nSPS) is 15.0. The number of rotatable bonds is 9. The van der Waals surface area contributed by atoms with Gasteiger partial charge in [0.15, 0.2) is 5.78 Å². The van der Waals surface area contributed by atoms with Crippen molar-refractivity contribution in [1.29, 1.82) is 0 Å². The monoisotopic (exact) mass is 429 g/mol. The van der Waals surface area contributed by atoms with Crippen LogP contribution in [-0.4, -0.2) is 10.8 Å². The minimum Gasteiger partial charge on any atom is -0.487 e. The highest BCUT2D eigenvalue weighted by molar-refractivity contribution is 6.04. The standard InChI is InChI=1S/C29H35NO2/c1-4-6-17-29(18-7-5-2)19-16-24-26(15-12-21(3)27(24)28(29)31)32-20-23-14-13-22-10-8-9-11-25(22)30-23/h8-15H,4-7,16-20H2,1-3H3. The van der Waals surface area contributed by atoms with Gasteiger partial charge >= 0.3 is 0 Å². The van der Waals surface area contributed by atoms with E-state index in [-0.39, 0.29) is 5.41 Å². The number of ether oxygens (including phenoxy) is 1. The van der Waals surface area contributed by atoms with Crippen molar-refractivity contribution in [2.45, 2.75) is 78.7 Å². The molecule has 3 aromatic rings. The third-order valence-corrected chi connectivity index (χ3v) is 7.09. The molecule has 1 aromatic heterocycles. The second kappa shape index (κ2) is 9.85. The quantitative estimate of drug-likeness (QED) is 0.351. The molecule has 0 N–H and O–H groups in total. The minimum absolute atomic E-state index is 0.192. The van der Waals surface area contributed by atoms with Gasteiger partial charge in [-0.2, -0.15) is 0 Å². The molecule has 1 aliphatic carbocycles. The molecule has 168 valence electrons. The number of carbonyl (C=O) groups is 1. The lowest BCUT2D eigenvalue weighted by Gasteiger charge is -2.38. The molecule has 0 unspecified atom stereocenters. The summed E-state index contributed by atoms with van der Waals surface area (Å²) < 4.78 is 6.26. The Morgan fingerprint density at radius 1 is 0.969 bits per heavy atom. The molecular formula is C29H35NO2. The second-order valence-corrected chi connectivity index (χ2v) is 9.33. The van der Waals surface area contributed by atoms with E-state index in [0.29, 0.717) is 12.4 Å². The molecule has 0 amide bonds. The van der Waals surface area contributed by atoms with Gasteiger partial charge in [-0.3, -0.25) is 4.79 Å². The molecule has 0 saturated carbocycles. The highest BCUT2D eigenvalue weighted by Crippen LogP contribution is 2.46. The van der Waals surface area contributed by atoms with Crippen molar-refractivity contribution in [1.82, 2.24) is 4.98 Å². The van der Waals surface area contributed by atoms with Crippen LogP contribution in [0.1, 0.15) is 86.0 Å². The number of ketones is 1. The summed E-state index contributed by atoms with van der Waals surface area (Å²) in [6.45, 7) is 6.91. The van der Waals surface area contributed by atoms with Crippen LogP contribution in [0.3, 0.4) is 0 Å². The number of para-hydroxylation sites is 1. The van der Waals surface area contributed by atoms with Crippen molar-refractivity contribution < 1.29 is 9.53 Å². The number of hydrogen-bond acceptors (Lipinski definition) is 3. The number of hydrogen-bond donors (Lipinski definition) is 0. The SMILES string of the molecule is CCCCC1(CCCC)CCc2c(OCc3ccc4ccccc4n3)ccc(C)c2C1=O. The molecule has 0 bridgehead atoms. The molecule has 4 rings (SSSR count). The van der Waals surface area contributed by atoms with Crippen LogP contribution in [0.15, 0.2) is 48.5 Å². The Hall–Kier alpha value is -2.68. The van der Waals surface area contributed by atoms with Crippen molar-refractivity contribution in [3.63, 3.8) is 0 Å². The summed E-state index contributed by atoms with van der Waals surface area (Å²) in [6, 6.07) is 16.3. The third kappa shape index (κ3) is 4.44. The molecule has 0 aliphatic heterocycles. The number of carbonyl (C=O) groups excluding carboxylic acids is 1. The number of pyridine rings is 1. The lowest BCUT2D eigenvalue weighted by Crippen LogP contribution is -2.37.